The highest BCUT2D eigenvalue weighted by molar-refractivity contribution is 6.33. The first-order valence-electron chi connectivity index (χ1n) is 8.25. The normalized spacial score (nSPS) is 15.3. The Morgan fingerprint density at radius 1 is 1.17 bits per heavy atom. The number of hydrogen-bond acceptors (Lipinski definition) is 2. The van der Waals surface area contributed by atoms with Crippen molar-refractivity contribution in [2.24, 2.45) is 0 Å². The summed E-state index contributed by atoms with van der Waals surface area (Å²) >= 11 is 6.21. The van der Waals surface area contributed by atoms with Crippen LogP contribution >= 0.6 is 11.6 Å². The fourth-order valence-corrected chi connectivity index (χ4v) is 3.62. The van der Waals surface area contributed by atoms with E-state index in [0.29, 0.717) is 22.6 Å². The van der Waals surface area contributed by atoms with E-state index in [1.54, 1.807) is 6.07 Å². The summed E-state index contributed by atoms with van der Waals surface area (Å²) in [5, 5.41) is 0.623. The molecule has 0 spiro atoms. The Hall–Kier alpha value is -1.74. The highest BCUT2D eigenvalue weighted by atomic mass is 35.5. The molecule has 0 saturated heterocycles. The van der Waals surface area contributed by atoms with Crippen molar-refractivity contribution in [2.75, 3.05) is 0 Å². The first kappa shape index (κ1) is 16.1. The maximum atomic E-state index is 12.9. The first-order chi connectivity index (χ1) is 11.1. The van der Waals surface area contributed by atoms with Gasteiger partial charge in [-0.15, -0.1) is 0 Å². The maximum Gasteiger partial charge on any atom is 0.290 e. The van der Waals surface area contributed by atoms with Crippen LogP contribution in [-0.4, -0.2) is 22.9 Å². The van der Waals surface area contributed by atoms with Crippen molar-refractivity contribution in [3.63, 3.8) is 0 Å². The number of carbonyl (C=O) groups is 1. The van der Waals surface area contributed by atoms with Gasteiger partial charge < -0.3 is 9.32 Å². The predicted octanol–water partition coefficient (Wildman–Crippen LogP) is 5.39. The molecule has 0 radical (unpaired) electrons. The van der Waals surface area contributed by atoms with Gasteiger partial charge in [-0.25, -0.2) is 0 Å². The van der Waals surface area contributed by atoms with Crippen LogP contribution in [0, 0.1) is 0 Å². The van der Waals surface area contributed by atoms with Crippen LogP contribution in [0.5, 0.6) is 0 Å². The van der Waals surface area contributed by atoms with Gasteiger partial charge in [0.15, 0.2) is 5.76 Å². The zero-order valence-electron chi connectivity index (χ0n) is 13.6. The molecule has 1 aromatic carbocycles. The number of carbonyl (C=O) groups excluding carboxylic acids is 1. The molecule has 1 aromatic heterocycles. The molecule has 0 atom stereocenters. The molecule has 0 bridgehead atoms. The van der Waals surface area contributed by atoms with Gasteiger partial charge in [-0.05, 0) is 51.0 Å². The Kier molecular flexibility index (Phi) is 4.76. The van der Waals surface area contributed by atoms with Crippen LogP contribution in [0.1, 0.15) is 50.1 Å². The van der Waals surface area contributed by atoms with E-state index in [1.807, 2.05) is 35.2 Å². The summed E-state index contributed by atoms with van der Waals surface area (Å²) in [4.78, 5) is 14.9. The SMILES string of the molecule is CC(C)N(C(=O)c1ccc(-c2ccccc2Cl)o1)C1CCCC1. The van der Waals surface area contributed by atoms with Crippen molar-refractivity contribution < 1.29 is 9.21 Å². The molecule has 23 heavy (non-hydrogen) atoms. The fraction of sp³-hybridized carbons (Fsp3) is 0.421. The van der Waals surface area contributed by atoms with E-state index in [2.05, 4.69) is 13.8 Å². The molecule has 1 saturated carbocycles. The number of amides is 1. The fourth-order valence-electron chi connectivity index (χ4n) is 3.39. The molecule has 1 fully saturated rings. The molecule has 4 heteroatoms. The van der Waals surface area contributed by atoms with Crippen LogP contribution in [0.25, 0.3) is 11.3 Å². The van der Waals surface area contributed by atoms with Gasteiger partial charge in [0.25, 0.3) is 5.91 Å². The highest BCUT2D eigenvalue weighted by Gasteiger charge is 2.31. The Labute approximate surface area is 142 Å². The third-order valence-electron chi connectivity index (χ3n) is 4.47. The van der Waals surface area contributed by atoms with Gasteiger partial charge in [0.2, 0.25) is 0 Å². The largest absolute Gasteiger partial charge is 0.451 e. The quantitative estimate of drug-likeness (QED) is 0.752. The number of hydrogen-bond donors (Lipinski definition) is 0. The lowest BCUT2D eigenvalue weighted by Crippen LogP contribution is -2.43. The number of benzene rings is 1. The third-order valence-corrected chi connectivity index (χ3v) is 4.79. The van der Waals surface area contributed by atoms with Crippen molar-refractivity contribution in [1.29, 1.82) is 0 Å². The second kappa shape index (κ2) is 6.79. The predicted molar refractivity (Wildman–Crippen MR) is 92.7 cm³/mol. The standard InChI is InChI=1S/C19H22ClNO2/c1-13(2)21(14-7-3-4-8-14)19(22)18-12-11-17(23-18)15-9-5-6-10-16(15)20/h5-6,9-14H,3-4,7-8H2,1-2H3. The average molecular weight is 332 g/mol. The summed E-state index contributed by atoms with van der Waals surface area (Å²) in [6.07, 6.45) is 4.57. The minimum atomic E-state index is -0.0230. The average Bonchev–Trinajstić information content (AvgIpc) is 3.18. The van der Waals surface area contributed by atoms with E-state index in [-0.39, 0.29) is 11.9 Å². The van der Waals surface area contributed by atoms with Gasteiger partial charge in [0.1, 0.15) is 5.76 Å². The Bertz CT molecular complexity index is 686. The number of rotatable bonds is 4. The molecule has 3 nitrogen and oxygen atoms in total. The van der Waals surface area contributed by atoms with Crippen LogP contribution < -0.4 is 0 Å². The van der Waals surface area contributed by atoms with Crippen LogP contribution in [0.2, 0.25) is 5.02 Å². The molecule has 0 N–H and O–H groups in total. The van der Waals surface area contributed by atoms with Gasteiger partial charge >= 0.3 is 0 Å². The molecular weight excluding hydrogens is 310 g/mol. The third kappa shape index (κ3) is 3.30. The molecule has 0 aliphatic heterocycles. The minimum Gasteiger partial charge on any atom is -0.451 e. The number of halogens is 1. The van der Waals surface area contributed by atoms with Gasteiger partial charge in [-0.3, -0.25) is 4.79 Å². The van der Waals surface area contributed by atoms with E-state index < -0.39 is 0 Å². The smallest absolute Gasteiger partial charge is 0.290 e. The highest BCUT2D eigenvalue weighted by Crippen LogP contribution is 2.31. The lowest BCUT2D eigenvalue weighted by atomic mass is 10.1. The summed E-state index contributed by atoms with van der Waals surface area (Å²) in [6.45, 7) is 4.13. The summed E-state index contributed by atoms with van der Waals surface area (Å²) in [5.74, 6) is 1.000. The van der Waals surface area contributed by atoms with Crippen LogP contribution in [-0.2, 0) is 0 Å². The van der Waals surface area contributed by atoms with Crippen LogP contribution in [0.4, 0.5) is 0 Å². The summed E-state index contributed by atoms with van der Waals surface area (Å²) in [6, 6.07) is 11.6. The molecule has 1 amide bonds. The van der Waals surface area contributed by atoms with Gasteiger partial charge in [-0.1, -0.05) is 36.6 Å². The van der Waals surface area contributed by atoms with Crippen LogP contribution in [0.3, 0.4) is 0 Å². The van der Waals surface area contributed by atoms with Gasteiger partial charge in [-0.2, -0.15) is 0 Å². The molecule has 3 rings (SSSR count). The minimum absolute atomic E-state index is 0.0230. The molecular formula is C19H22ClNO2. The zero-order valence-corrected chi connectivity index (χ0v) is 14.3. The lowest BCUT2D eigenvalue weighted by molar-refractivity contribution is 0.0581. The molecule has 1 aliphatic carbocycles. The maximum absolute atomic E-state index is 12.9. The molecule has 122 valence electrons. The Morgan fingerprint density at radius 2 is 1.87 bits per heavy atom. The first-order valence-corrected chi connectivity index (χ1v) is 8.63. The van der Waals surface area contributed by atoms with Crippen LogP contribution in [0.15, 0.2) is 40.8 Å². The second-order valence-electron chi connectivity index (χ2n) is 6.39. The van der Waals surface area contributed by atoms with E-state index >= 15 is 0 Å². The number of furan rings is 1. The Balaban J connectivity index is 1.86. The van der Waals surface area contributed by atoms with Crippen molar-refractivity contribution in [3.8, 4) is 11.3 Å². The summed E-state index contributed by atoms with van der Waals surface area (Å²) in [5.41, 5.74) is 0.810. The van der Waals surface area contributed by atoms with Gasteiger partial charge in [0, 0.05) is 17.6 Å². The number of nitrogens with zero attached hydrogens (tertiary/aromatic N) is 1. The molecule has 1 heterocycles. The monoisotopic (exact) mass is 331 g/mol. The molecule has 2 aromatic rings. The summed E-state index contributed by atoms with van der Waals surface area (Å²) < 4.78 is 5.83. The summed E-state index contributed by atoms with van der Waals surface area (Å²) in [7, 11) is 0. The van der Waals surface area contributed by atoms with E-state index in [9.17, 15) is 4.79 Å². The molecule has 1 aliphatic rings. The zero-order chi connectivity index (χ0) is 16.4. The van der Waals surface area contributed by atoms with Gasteiger partial charge in [0.05, 0.1) is 5.02 Å². The van der Waals surface area contributed by atoms with E-state index in [0.717, 1.165) is 18.4 Å². The van der Waals surface area contributed by atoms with Crippen molar-refractivity contribution in [1.82, 2.24) is 4.90 Å². The Morgan fingerprint density at radius 3 is 2.52 bits per heavy atom. The van der Waals surface area contributed by atoms with Crippen molar-refractivity contribution in [3.05, 3.63) is 47.2 Å². The van der Waals surface area contributed by atoms with E-state index in [4.69, 9.17) is 16.0 Å². The van der Waals surface area contributed by atoms with E-state index in [1.165, 1.54) is 12.8 Å². The molecule has 0 unspecified atom stereocenters. The second-order valence-corrected chi connectivity index (χ2v) is 6.80. The van der Waals surface area contributed by atoms with Crippen molar-refractivity contribution in [2.45, 2.75) is 51.6 Å². The topological polar surface area (TPSA) is 33.5 Å². The lowest BCUT2D eigenvalue weighted by Gasteiger charge is -2.32. The van der Waals surface area contributed by atoms with Crippen molar-refractivity contribution >= 4 is 17.5 Å².